The first-order valence-corrected chi connectivity index (χ1v) is 10.6. The minimum absolute atomic E-state index is 0.139. The molecule has 0 saturated carbocycles. The molecule has 0 aromatic carbocycles. The number of rotatable bonds is 8. The average molecular weight is 340 g/mol. The van der Waals surface area contributed by atoms with E-state index < -0.39 is 20.3 Å². The second-order valence-corrected chi connectivity index (χ2v) is 11.9. The number of carbonyl (C=O) groups is 1. The van der Waals surface area contributed by atoms with Crippen molar-refractivity contribution >= 4 is 14.3 Å². The first-order valence-electron chi connectivity index (χ1n) is 7.72. The van der Waals surface area contributed by atoms with Gasteiger partial charge in [0.25, 0.3) is 0 Å². The number of nitrogens with two attached hydrogens (primary N) is 1. The fourth-order valence-corrected chi connectivity index (χ4v) is 2.72. The predicted octanol–water partition coefficient (Wildman–Crippen LogP) is 2.96. The molecule has 1 aromatic heterocycles. The molecule has 0 bridgehead atoms. The van der Waals surface area contributed by atoms with Gasteiger partial charge in [0.05, 0.1) is 19.2 Å². The highest BCUT2D eigenvalue weighted by atomic mass is 28.4. The Balaban J connectivity index is 2.52. The molecule has 7 heteroatoms. The lowest BCUT2D eigenvalue weighted by atomic mass is 10.1. The van der Waals surface area contributed by atoms with Crippen LogP contribution < -0.4 is 10.5 Å². The van der Waals surface area contributed by atoms with Crippen LogP contribution >= 0.6 is 0 Å². The van der Waals surface area contributed by atoms with Crippen LogP contribution in [0.3, 0.4) is 0 Å². The smallest absolute Gasteiger partial charge is 0.305 e. The van der Waals surface area contributed by atoms with Gasteiger partial charge in [0, 0.05) is 12.2 Å². The predicted molar refractivity (Wildman–Crippen MR) is 92.1 cm³/mol. The fraction of sp³-hybridized carbons (Fsp3) is 0.625. The molecule has 0 saturated heterocycles. The Morgan fingerprint density at radius 1 is 1.35 bits per heavy atom. The number of carboxylic acids is 1. The van der Waals surface area contributed by atoms with Gasteiger partial charge in [-0.15, -0.1) is 0 Å². The minimum atomic E-state index is -1.77. The first-order chi connectivity index (χ1) is 10.5. The lowest BCUT2D eigenvalue weighted by Crippen LogP contribution is -2.41. The zero-order valence-electron chi connectivity index (χ0n) is 14.6. The number of pyridine rings is 1. The number of hydrogen-bond donors (Lipinski definition) is 2. The molecule has 1 aromatic rings. The summed E-state index contributed by atoms with van der Waals surface area (Å²) in [5.41, 5.74) is 6.48. The van der Waals surface area contributed by atoms with Crippen molar-refractivity contribution in [3.8, 4) is 5.75 Å². The van der Waals surface area contributed by atoms with Gasteiger partial charge in [-0.25, -0.2) is 0 Å². The number of ether oxygens (including phenoxy) is 1. The summed E-state index contributed by atoms with van der Waals surface area (Å²) in [7, 11) is -1.77. The van der Waals surface area contributed by atoms with E-state index in [1.807, 2.05) is 0 Å². The summed E-state index contributed by atoms with van der Waals surface area (Å²) < 4.78 is 11.7. The van der Waals surface area contributed by atoms with Crippen LogP contribution in [0.2, 0.25) is 18.1 Å². The van der Waals surface area contributed by atoms with Crippen molar-refractivity contribution in [2.24, 2.45) is 5.73 Å². The van der Waals surface area contributed by atoms with Gasteiger partial charge in [0.2, 0.25) is 0 Å². The van der Waals surface area contributed by atoms with Gasteiger partial charge in [0.15, 0.2) is 8.32 Å². The Kier molecular flexibility index (Phi) is 6.73. The molecule has 0 aliphatic carbocycles. The van der Waals surface area contributed by atoms with Gasteiger partial charge in [-0.05, 0) is 29.8 Å². The van der Waals surface area contributed by atoms with Gasteiger partial charge in [-0.1, -0.05) is 20.8 Å². The molecule has 0 aliphatic rings. The van der Waals surface area contributed by atoms with Crippen molar-refractivity contribution < 1.29 is 19.1 Å². The third kappa shape index (κ3) is 6.29. The fourth-order valence-electron chi connectivity index (χ4n) is 1.70. The lowest BCUT2D eigenvalue weighted by Gasteiger charge is -2.36. The normalized spacial score (nSPS) is 13.7. The summed E-state index contributed by atoms with van der Waals surface area (Å²) in [6.45, 7) is 11.9. The van der Waals surface area contributed by atoms with Crippen molar-refractivity contribution in [3.05, 3.63) is 24.0 Å². The molecule has 23 heavy (non-hydrogen) atoms. The van der Waals surface area contributed by atoms with Gasteiger partial charge < -0.3 is 20.0 Å². The lowest BCUT2D eigenvalue weighted by molar-refractivity contribution is -0.137. The maximum Gasteiger partial charge on any atom is 0.305 e. The SMILES string of the molecule is CC(C)(C)[Si](C)(C)OCCOc1cncc([C@@H](N)CC(=O)O)c1. The van der Waals surface area contributed by atoms with Crippen molar-refractivity contribution in [2.45, 2.75) is 51.4 Å². The minimum Gasteiger partial charge on any atom is -0.490 e. The monoisotopic (exact) mass is 340 g/mol. The van der Waals surface area contributed by atoms with E-state index in [0.717, 1.165) is 0 Å². The summed E-state index contributed by atoms with van der Waals surface area (Å²) in [6.07, 6.45) is 3.01. The quantitative estimate of drug-likeness (QED) is 0.558. The number of aliphatic carboxylic acids is 1. The highest BCUT2D eigenvalue weighted by Gasteiger charge is 2.36. The van der Waals surface area contributed by atoms with E-state index >= 15 is 0 Å². The number of nitrogens with zero attached hydrogens (tertiary/aromatic N) is 1. The van der Waals surface area contributed by atoms with Crippen LogP contribution in [0.15, 0.2) is 18.5 Å². The summed E-state index contributed by atoms with van der Waals surface area (Å²) in [6, 6.07) is 1.14. The Labute approximate surface area is 139 Å². The molecule has 1 heterocycles. The average Bonchev–Trinajstić information content (AvgIpc) is 2.42. The molecule has 0 aliphatic heterocycles. The van der Waals surface area contributed by atoms with E-state index in [9.17, 15) is 4.79 Å². The van der Waals surface area contributed by atoms with Crippen molar-refractivity contribution in [1.29, 1.82) is 0 Å². The van der Waals surface area contributed by atoms with Gasteiger partial charge >= 0.3 is 5.97 Å². The molecule has 0 amide bonds. The third-order valence-electron chi connectivity index (χ3n) is 4.18. The highest BCUT2D eigenvalue weighted by molar-refractivity contribution is 6.74. The van der Waals surface area contributed by atoms with Crippen molar-refractivity contribution in [1.82, 2.24) is 4.98 Å². The third-order valence-corrected chi connectivity index (χ3v) is 8.72. The maximum atomic E-state index is 10.7. The van der Waals surface area contributed by atoms with Gasteiger partial charge in [-0.2, -0.15) is 0 Å². The van der Waals surface area contributed by atoms with Crippen LogP contribution in [0.5, 0.6) is 5.75 Å². The second-order valence-electron chi connectivity index (χ2n) is 7.12. The molecule has 0 spiro atoms. The van der Waals surface area contributed by atoms with Crippen LogP contribution in [-0.4, -0.2) is 37.6 Å². The molecule has 130 valence electrons. The van der Waals surface area contributed by atoms with E-state index in [4.69, 9.17) is 20.0 Å². The van der Waals surface area contributed by atoms with Crippen molar-refractivity contribution in [3.63, 3.8) is 0 Å². The Morgan fingerprint density at radius 3 is 2.57 bits per heavy atom. The van der Waals surface area contributed by atoms with E-state index in [1.54, 1.807) is 18.5 Å². The zero-order chi connectivity index (χ0) is 17.7. The molecule has 1 rings (SSSR count). The molecule has 0 fully saturated rings. The Bertz CT molecular complexity index is 529. The number of carboxylic acid groups (broad SMARTS) is 1. The van der Waals surface area contributed by atoms with Crippen LogP contribution in [0.25, 0.3) is 0 Å². The molecule has 3 N–H and O–H groups in total. The molecule has 0 unspecified atom stereocenters. The highest BCUT2D eigenvalue weighted by Crippen LogP contribution is 2.36. The summed E-state index contributed by atoms with van der Waals surface area (Å²) in [5.74, 6) is -0.367. The van der Waals surface area contributed by atoms with Gasteiger partial charge in [-0.3, -0.25) is 9.78 Å². The Hall–Kier alpha value is -1.44. The van der Waals surface area contributed by atoms with Crippen LogP contribution in [0, 0.1) is 0 Å². The molecule has 0 radical (unpaired) electrons. The first kappa shape index (κ1) is 19.6. The maximum absolute atomic E-state index is 10.7. The largest absolute Gasteiger partial charge is 0.490 e. The summed E-state index contributed by atoms with van der Waals surface area (Å²) >= 11 is 0. The summed E-state index contributed by atoms with van der Waals surface area (Å²) in [4.78, 5) is 14.8. The van der Waals surface area contributed by atoms with Crippen LogP contribution in [0.1, 0.15) is 38.8 Å². The molecule has 1 atom stereocenters. The van der Waals surface area contributed by atoms with Crippen LogP contribution in [-0.2, 0) is 9.22 Å². The summed E-state index contributed by atoms with van der Waals surface area (Å²) in [5, 5.41) is 8.95. The van der Waals surface area contributed by atoms with E-state index in [2.05, 4.69) is 38.8 Å². The van der Waals surface area contributed by atoms with Crippen LogP contribution in [0.4, 0.5) is 0 Å². The van der Waals surface area contributed by atoms with E-state index in [1.165, 1.54) is 0 Å². The molecular formula is C16H28N2O4Si. The topological polar surface area (TPSA) is 94.7 Å². The molecular weight excluding hydrogens is 312 g/mol. The van der Waals surface area contributed by atoms with E-state index in [0.29, 0.717) is 24.5 Å². The van der Waals surface area contributed by atoms with Gasteiger partial charge in [0.1, 0.15) is 12.4 Å². The van der Waals surface area contributed by atoms with E-state index in [-0.39, 0.29) is 11.5 Å². The number of aromatic nitrogens is 1. The molecule has 6 nitrogen and oxygen atoms in total. The van der Waals surface area contributed by atoms with Crippen molar-refractivity contribution in [2.75, 3.05) is 13.2 Å². The second kappa shape index (κ2) is 7.90. The Morgan fingerprint density at radius 2 is 2.00 bits per heavy atom. The number of hydrogen-bond acceptors (Lipinski definition) is 5. The zero-order valence-corrected chi connectivity index (χ0v) is 15.6. The standard InChI is InChI=1S/C16H28N2O4Si/c1-16(2,3)23(4,5)22-7-6-21-13-8-12(10-18-11-13)14(17)9-15(19)20/h8,10-11,14H,6-7,9,17H2,1-5H3,(H,19,20)/t14-/m0/s1.